The van der Waals surface area contributed by atoms with E-state index in [1.54, 1.807) is 18.2 Å². The van der Waals surface area contributed by atoms with Gasteiger partial charge in [-0.25, -0.2) is 13.8 Å². The normalized spacial score (nSPS) is 12.2. The second-order valence-electron chi connectivity index (χ2n) is 5.13. The summed E-state index contributed by atoms with van der Waals surface area (Å²) in [5.74, 6) is -1.03. The van der Waals surface area contributed by atoms with Gasteiger partial charge in [-0.1, -0.05) is 12.1 Å². The highest BCUT2D eigenvalue weighted by atomic mass is 32.1. The molecule has 126 valence electrons. The Morgan fingerprint density at radius 2 is 1.88 bits per heavy atom. The summed E-state index contributed by atoms with van der Waals surface area (Å²) in [6, 6.07) is 8.54. The number of nitrogens with zero attached hydrogens (tertiary/aromatic N) is 1. The van der Waals surface area contributed by atoms with Crippen LogP contribution in [-0.2, 0) is 0 Å². The number of carbonyl (C=O) groups is 1. The van der Waals surface area contributed by atoms with Crippen LogP contribution in [-0.4, -0.2) is 17.7 Å². The minimum Gasteiger partial charge on any atom is -0.454 e. The fourth-order valence-corrected chi connectivity index (χ4v) is 3.16. The largest absolute Gasteiger partial charge is 0.454 e. The van der Waals surface area contributed by atoms with Crippen LogP contribution in [0.4, 0.5) is 13.9 Å². The lowest BCUT2D eigenvalue weighted by Crippen LogP contribution is -2.12. The Bertz CT molecular complexity index is 954. The number of benzene rings is 2. The molecule has 0 spiro atoms. The number of para-hydroxylation sites is 1. The predicted molar refractivity (Wildman–Crippen MR) is 88.0 cm³/mol. The first-order valence-corrected chi connectivity index (χ1v) is 8.11. The molecule has 2 heterocycles. The van der Waals surface area contributed by atoms with Gasteiger partial charge in [0.05, 0.1) is 16.8 Å². The molecule has 0 bridgehead atoms. The van der Waals surface area contributed by atoms with E-state index in [1.807, 2.05) is 0 Å². The molecular weight excluding hydrogens is 350 g/mol. The molecule has 3 aromatic rings. The monoisotopic (exact) mass is 360 g/mol. The first-order chi connectivity index (χ1) is 12.1. The minimum atomic E-state index is -0.713. The lowest BCUT2D eigenvalue weighted by molar-refractivity contribution is 0.102. The van der Waals surface area contributed by atoms with Gasteiger partial charge in [0.25, 0.3) is 5.91 Å². The smallest absolute Gasteiger partial charge is 0.261 e. The van der Waals surface area contributed by atoms with Gasteiger partial charge in [-0.05, 0) is 24.3 Å². The second-order valence-corrected chi connectivity index (χ2v) is 5.99. The van der Waals surface area contributed by atoms with E-state index in [4.69, 9.17) is 9.47 Å². The van der Waals surface area contributed by atoms with Crippen molar-refractivity contribution in [3.8, 4) is 22.8 Å². The summed E-state index contributed by atoms with van der Waals surface area (Å²) >= 11 is 1.07. The molecule has 0 saturated heterocycles. The summed E-state index contributed by atoms with van der Waals surface area (Å²) in [5, 5.41) is 4.30. The maximum atomic E-state index is 13.8. The van der Waals surface area contributed by atoms with Crippen LogP contribution in [0.1, 0.15) is 10.4 Å². The number of nitrogens with one attached hydrogen (secondary N) is 1. The number of hydrogen-bond acceptors (Lipinski definition) is 5. The summed E-state index contributed by atoms with van der Waals surface area (Å²) in [6.07, 6.45) is 0. The number of ether oxygens (including phenoxy) is 2. The van der Waals surface area contributed by atoms with E-state index in [0.29, 0.717) is 17.1 Å². The van der Waals surface area contributed by atoms with E-state index >= 15 is 0 Å². The van der Waals surface area contributed by atoms with E-state index in [2.05, 4.69) is 10.3 Å². The zero-order valence-corrected chi connectivity index (χ0v) is 13.4. The van der Waals surface area contributed by atoms with Crippen LogP contribution in [0, 0.1) is 11.6 Å². The number of amides is 1. The number of carbonyl (C=O) groups excluding carboxylic acids is 1. The van der Waals surface area contributed by atoms with Gasteiger partial charge >= 0.3 is 0 Å². The summed E-state index contributed by atoms with van der Waals surface area (Å²) in [7, 11) is 0. The van der Waals surface area contributed by atoms with Crippen LogP contribution in [0.25, 0.3) is 11.3 Å². The van der Waals surface area contributed by atoms with Gasteiger partial charge in [0.1, 0.15) is 11.6 Å². The SMILES string of the molecule is O=C(Nc1nc(-c2c(F)cccc2F)cs1)c1cccc2c1OCO2. The molecule has 0 saturated carbocycles. The van der Waals surface area contributed by atoms with Gasteiger partial charge in [-0.3, -0.25) is 10.1 Å². The summed E-state index contributed by atoms with van der Waals surface area (Å²) in [6.45, 7) is 0.0492. The molecule has 4 rings (SSSR count). The van der Waals surface area contributed by atoms with E-state index in [-0.39, 0.29) is 23.2 Å². The van der Waals surface area contributed by atoms with E-state index in [1.165, 1.54) is 11.4 Å². The number of anilines is 1. The first-order valence-electron chi connectivity index (χ1n) is 7.23. The number of fused-ring (bicyclic) bond motifs is 1. The highest BCUT2D eigenvalue weighted by Crippen LogP contribution is 2.36. The quantitative estimate of drug-likeness (QED) is 0.765. The molecule has 8 heteroatoms. The molecule has 0 radical (unpaired) electrons. The zero-order chi connectivity index (χ0) is 17.4. The lowest BCUT2D eigenvalue weighted by atomic mass is 10.1. The summed E-state index contributed by atoms with van der Waals surface area (Å²) in [4.78, 5) is 16.5. The average Bonchev–Trinajstić information content (AvgIpc) is 3.23. The lowest BCUT2D eigenvalue weighted by Gasteiger charge is -2.05. The van der Waals surface area contributed by atoms with Crippen molar-refractivity contribution in [2.75, 3.05) is 12.1 Å². The maximum absolute atomic E-state index is 13.8. The third kappa shape index (κ3) is 2.80. The highest BCUT2D eigenvalue weighted by molar-refractivity contribution is 7.14. The predicted octanol–water partition coefficient (Wildman–Crippen LogP) is 4.07. The third-order valence-electron chi connectivity index (χ3n) is 3.58. The van der Waals surface area contributed by atoms with Crippen molar-refractivity contribution in [1.82, 2.24) is 4.98 Å². The van der Waals surface area contributed by atoms with Crippen molar-refractivity contribution >= 4 is 22.4 Å². The Morgan fingerprint density at radius 3 is 2.68 bits per heavy atom. The van der Waals surface area contributed by atoms with E-state index in [0.717, 1.165) is 23.5 Å². The number of aromatic nitrogens is 1. The first kappa shape index (κ1) is 15.5. The molecule has 1 aliphatic rings. The second kappa shape index (κ2) is 6.14. The van der Waals surface area contributed by atoms with Crippen molar-refractivity contribution in [2.24, 2.45) is 0 Å². The fraction of sp³-hybridized carbons (Fsp3) is 0.0588. The molecule has 25 heavy (non-hydrogen) atoms. The molecule has 0 atom stereocenters. The Kier molecular flexibility index (Phi) is 3.81. The molecule has 1 N–H and O–H groups in total. The Balaban J connectivity index is 1.60. The number of rotatable bonds is 3. The topological polar surface area (TPSA) is 60.5 Å². The Hall–Kier alpha value is -3.00. The van der Waals surface area contributed by atoms with Crippen LogP contribution in [0.2, 0.25) is 0 Å². The number of halogens is 2. The molecular formula is C17H10F2N2O3S. The van der Waals surface area contributed by atoms with E-state index < -0.39 is 17.5 Å². The zero-order valence-electron chi connectivity index (χ0n) is 12.6. The third-order valence-corrected chi connectivity index (χ3v) is 4.34. The Morgan fingerprint density at radius 1 is 1.12 bits per heavy atom. The van der Waals surface area contributed by atoms with Crippen LogP contribution in [0.5, 0.6) is 11.5 Å². The number of thiazole rings is 1. The molecule has 0 aliphatic carbocycles. The minimum absolute atomic E-state index is 0.0492. The molecule has 1 aromatic heterocycles. The highest BCUT2D eigenvalue weighted by Gasteiger charge is 2.23. The van der Waals surface area contributed by atoms with Crippen LogP contribution in [0.3, 0.4) is 0 Å². The van der Waals surface area contributed by atoms with Gasteiger partial charge < -0.3 is 9.47 Å². The standard InChI is InChI=1S/C17H10F2N2O3S/c18-10-4-2-5-11(19)14(10)12-7-25-17(20-12)21-16(22)9-3-1-6-13-15(9)24-8-23-13/h1-7H,8H2,(H,20,21,22). The average molecular weight is 360 g/mol. The molecule has 0 unspecified atom stereocenters. The van der Waals surface area contributed by atoms with Crippen LogP contribution >= 0.6 is 11.3 Å². The van der Waals surface area contributed by atoms with Crippen LogP contribution < -0.4 is 14.8 Å². The van der Waals surface area contributed by atoms with Crippen molar-refractivity contribution in [1.29, 1.82) is 0 Å². The molecule has 1 amide bonds. The van der Waals surface area contributed by atoms with E-state index in [9.17, 15) is 13.6 Å². The van der Waals surface area contributed by atoms with Crippen molar-refractivity contribution in [3.05, 3.63) is 59.0 Å². The maximum Gasteiger partial charge on any atom is 0.261 e. The fourth-order valence-electron chi connectivity index (χ4n) is 2.46. The van der Waals surface area contributed by atoms with Crippen molar-refractivity contribution < 1.29 is 23.0 Å². The van der Waals surface area contributed by atoms with Gasteiger partial charge in [0.2, 0.25) is 6.79 Å². The van der Waals surface area contributed by atoms with Gasteiger partial charge in [0.15, 0.2) is 16.6 Å². The van der Waals surface area contributed by atoms with Crippen molar-refractivity contribution in [2.45, 2.75) is 0 Å². The van der Waals surface area contributed by atoms with Crippen LogP contribution in [0.15, 0.2) is 41.8 Å². The summed E-state index contributed by atoms with van der Waals surface area (Å²) in [5.41, 5.74) is 0.189. The van der Waals surface area contributed by atoms with Crippen molar-refractivity contribution in [3.63, 3.8) is 0 Å². The molecule has 2 aromatic carbocycles. The van der Waals surface area contributed by atoms with Gasteiger partial charge in [-0.2, -0.15) is 0 Å². The van der Waals surface area contributed by atoms with Gasteiger partial charge in [0, 0.05) is 5.38 Å². The number of hydrogen-bond donors (Lipinski definition) is 1. The molecule has 0 fully saturated rings. The molecule has 1 aliphatic heterocycles. The summed E-state index contributed by atoms with van der Waals surface area (Å²) < 4.78 is 38.2. The molecule has 5 nitrogen and oxygen atoms in total. The van der Waals surface area contributed by atoms with Gasteiger partial charge in [-0.15, -0.1) is 11.3 Å². The Labute approximate surface area is 144 Å².